The number of methoxy groups -OCH3 is 2. The van der Waals surface area contributed by atoms with E-state index in [2.05, 4.69) is 0 Å². The lowest BCUT2D eigenvalue weighted by atomic mass is 9.88. The van der Waals surface area contributed by atoms with Crippen LogP contribution in [0.3, 0.4) is 0 Å². The highest BCUT2D eigenvalue weighted by Crippen LogP contribution is 2.50. The van der Waals surface area contributed by atoms with Crippen molar-refractivity contribution in [1.29, 1.82) is 0 Å². The molecule has 0 saturated heterocycles. The van der Waals surface area contributed by atoms with Crippen LogP contribution in [0.4, 0.5) is 0 Å². The van der Waals surface area contributed by atoms with Crippen molar-refractivity contribution >= 4 is 11.6 Å². The Morgan fingerprint density at radius 1 is 1.28 bits per heavy atom. The van der Waals surface area contributed by atoms with Crippen LogP contribution >= 0.6 is 11.6 Å². The lowest BCUT2D eigenvalue weighted by Gasteiger charge is -2.27. The monoisotopic (exact) mass is 271 g/mol. The SMILES string of the molecule is COc1cc(O)c(C2(N)CCCC2)c(Cl)c1OC. The van der Waals surface area contributed by atoms with E-state index in [0.29, 0.717) is 22.1 Å². The van der Waals surface area contributed by atoms with Gasteiger partial charge in [-0.05, 0) is 12.8 Å². The molecule has 0 atom stereocenters. The normalized spacial score (nSPS) is 17.8. The summed E-state index contributed by atoms with van der Waals surface area (Å²) in [6, 6.07) is 1.51. The van der Waals surface area contributed by atoms with Crippen molar-refractivity contribution in [2.75, 3.05) is 14.2 Å². The average Bonchev–Trinajstić information content (AvgIpc) is 2.76. The fraction of sp³-hybridized carbons (Fsp3) is 0.538. The maximum absolute atomic E-state index is 10.1. The Balaban J connectivity index is 2.60. The van der Waals surface area contributed by atoms with Gasteiger partial charge in [-0.15, -0.1) is 0 Å². The van der Waals surface area contributed by atoms with Crippen LogP contribution in [-0.4, -0.2) is 19.3 Å². The van der Waals surface area contributed by atoms with Crippen molar-refractivity contribution in [3.05, 3.63) is 16.7 Å². The van der Waals surface area contributed by atoms with Gasteiger partial charge >= 0.3 is 0 Å². The van der Waals surface area contributed by atoms with Crippen LogP contribution in [0.1, 0.15) is 31.2 Å². The summed E-state index contributed by atoms with van der Waals surface area (Å²) in [7, 11) is 3.02. The second kappa shape index (κ2) is 4.86. The number of halogens is 1. The predicted molar refractivity (Wildman–Crippen MR) is 70.6 cm³/mol. The summed E-state index contributed by atoms with van der Waals surface area (Å²) in [5.74, 6) is 0.899. The second-order valence-corrected chi connectivity index (χ2v) is 5.06. The highest BCUT2D eigenvalue weighted by atomic mass is 35.5. The van der Waals surface area contributed by atoms with E-state index >= 15 is 0 Å². The van der Waals surface area contributed by atoms with Crippen LogP contribution in [0.5, 0.6) is 17.2 Å². The van der Waals surface area contributed by atoms with Crippen molar-refractivity contribution in [3.63, 3.8) is 0 Å². The van der Waals surface area contributed by atoms with Crippen molar-refractivity contribution in [2.45, 2.75) is 31.2 Å². The molecule has 1 fully saturated rings. The summed E-state index contributed by atoms with van der Waals surface area (Å²) < 4.78 is 10.4. The Hall–Kier alpha value is -1.13. The Kier molecular flexibility index (Phi) is 3.59. The van der Waals surface area contributed by atoms with Gasteiger partial charge in [0, 0.05) is 17.2 Å². The number of hydrogen-bond acceptors (Lipinski definition) is 4. The molecule has 18 heavy (non-hydrogen) atoms. The number of ether oxygens (including phenoxy) is 2. The third-order valence-corrected chi connectivity index (χ3v) is 3.94. The molecule has 0 spiro atoms. The lowest BCUT2D eigenvalue weighted by molar-refractivity contribution is 0.345. The second-order valence-electron chi connectivity index (χ2n) is 4.68. The molecule has 0 unspecified atom stereocenters. The van der Waals surface area contributed by atoms with Gasteiger partial charge in [0.25, 0.3) is 0 Å². The summed E-state index contributed by atoms with van der Waals surface area (Å²) in [5, 5.41) is 10.5. The molecule has 5 heteroatoms. The predicted octanol–water partition coefficient (Wildman–Crippen LogP) is 2.79. The number of benzene rings is 1. The molecule has 0 amide bonds. The van der Waals surface area contributed by atoms with Crippen LogP contribution in [-0.2, 0) is 5.54 Å². The summed E-state index contributed by atoms with van der Waals surface area (Å²) in [5.41, 5.74) is 6.36. The van der Waals surface area contributed by atoms with Crippen LogP contribution in [0.2, 0.25) is 5.02 Å². The first kappa shape index (κ1) is 13.3. The van der Waals surface area contributed by atoms with Gasteiger partial charge in [0.2, 0.25) is 0 Å². The maximum Gasteiger partial charge on any atom is 0.180 e. The first-order chi connectivity index (χ1) is 8.53. The van der Waals surface area contributed by atoms with E-state index in [1.165, 1.54) is 20.3 Å². The third kappa shape index (κ3) is 1.99. The summed E-state index contributed by atoms with van der Waals surface area (Å²) in [6.45, 7) is 0. The van der Waals surface area contributed by atoms with Crippen molar-refractivity contribution in [2.24, 2.45) is 5.73 Å². The van der Waals surface area contributed by atoms with Gasteiger partial charge in [-0.1, -0.05) is 24.4 Å². The largest absolute Gasteiger partial charge is 0.507 e. The van der Waals surface area contributed by atoms with Gasteiger partial charge in [-0.2, -0.15) is 0 Å². The van der Waals surface area contributed by atoms with Gasteiger partial charge in [0.1, 0.15) is 5.75 Å². The van der Waals surface area contributed by atoms with Gasteiger partial charge in [-0.25, -0.2) is 0 Å². The van der Waals surface area contributed by atoms with E-state index in [1.54, 1.807) is 0 Å². The van der Waals surface area contributed by atoms with Crippen LogP contribution < -0.4 is 15.2 Å². The zero-order chi connectivity index (χ0) is 13.3. The smallest absolute Gasteiger partial charge is 0.180 e. The molecule has 100 valence electrons. The minimum absolute atomic E-state index is 0.0713. The van der Waals surface area contributed by atoms with E-state index in [-0.39, 0.29) is 5.75 Å². The molecule has 0 aromatic heterocycles. The number of phenols is 1. The van der Waals surface area contributed by atoms with E-state index in [1.807, 2.05) is 0 Å². The summed E-state index contributed by atoms with van der Waals surface area (Å²) >= 11 is 6.32. The fourth-order valence-electron chi connectivity index (χ4n) is 2.67. The molecule has 3 N–H and O–H groups in total. The molecule has 1 aromatic rings. The Morgan fingerprint density at radius 2 is 1.89 bits per heavy atom. The molecule has 1 saturated carbocycles. The van der Waals surface area contributed by atoms with Gasteiger partial charge in [0.05, 0.1) is 19.2 Å². The molecule has 1 aliphatic rings. The highest BCUT2D eigenvalue weighted by molar-refractivity contribution is 6.33. The van der Waals surface area contributed by atoms with Gasteiger partial charge < -0.3 is 20.3 Å². The van der Waals surface area contributed by atoms with E-state index in [0.717, 1.165) is 25.7 Å². The molecule has 1 aromatic carbocycles. The van der Waals surface area contributed by atoms with E-state index in [4.69, 9.17) is 26.8 Å². The molecule has 4 nitrogen and oxygen atoms in total. The molecular formula is C13H18ClNO3. The Labute approximate surface area is 112 Å². The third-order valence-electron chi connectivity index (χ3n) is 3.58. The fourth-order valence-corrected chi connectivity index (χ4v) is 3.12. The minimum Gasteiger partial charge on any atom is -0.507 e. The molecular weight excluding hydrogens is 254 g/mol. The minimum atomic E-state index is -0.569. The number of hydrogen-bond donors (Lipinski definition) is 2. The summed E-state index contributed by atoms with van der Waals surface area (Å²) in [4.78, 5) is 0. The van der Waals surface area contributed by atoms with Crippen LogP contribution in [0.25, 0.3) is 0 Å². The molecule has 1 aliphatic carbocycles. The molecule has 0 radical (unpaired) electrons. The maximum atomic E-state index is 10.1. The number of rotatable bonds is 3. The number of phenolic OH excluding ortho intramolecular Hbond substituents is 1. The summed E-state index contributed by atoms with van der Waals surface area (Å²) in [6.07, 6.45) is 3.72. The lowest BCUT2D eigenvalue weighted by Crippen LogP contribution is -2.33. The topological polar surface area (TPSA) is 64.7 Å². The van der Waals surface area contributed by atoms with E-state index < -0.39 is 5.54 Å². The molecule has 0 bridgehead atoms. The molecule has 0 heterocycles. The first-order valence-electron chi connectivity index (χ1n) is 5.96. The zero-order valence-corrected chi connectivity index (χ0v) is 11.4. The van der Waals surface area contributed by atoms with Gasteiger partial charge in [-0.3, -0.25) is 0 Å². The van der Waals surface area contributed by atoms with Crippen molar-refractivity contribution < 1.29 is 14.6 Å². The Morgan fingerprint density at radius 3 is 2.39 bits per heavy atom. The molecule has 2 rings (SSSR count). The number of aromatic hydroxyl groups is 1. The first-order valence-corrected chi connectivity index (χ1v) is 6.34. The Bertz CT molecular complexity index is 456. The van der Waals surface area contributed by atoms with Gasteiger partial charge in [0.15, 0.2) is 11.5 Å². The standard InChI is InChI=1S/C13H18ClNO3/c1-17-9-7-8(16)10(11(14)12(9)18-2)13(15)5-3-4-6-13/h7,16H,3-6,15H2,1-2H3. The van der Waals surface area contributed by atoms with E-state index in [9.17, 15) is 5.11 Å². The van der Waals surface area contributed by atoms with Crippen molar-refractivity contribution in [1.82, 2.24) is 0 Å². The van der Waals surface area contributed by atoms with Crippen molar-refractivity contribution in [3.8, 4) is 17.2 Å². The molecule has 0 aliphatic heterocycles. The quantitative estimate of drug-likeness (QED) is 0.887. The van der Waals surface area contributed by atoms with Crippen LogP contribution in [0, 0.1) is 0 Å². The zero-order valence-electron chi connectivity index (χ0n) is 10.6. The van der Waals surface area contributed by atoms with Crippen LogP contribution in [0.15, 0.2) is 6.07 Å². The average molecular weight is 272 g/mol. The number of nitrogens with two attached hydrogens (primary N) is 1. The highest BCUT2D eigenvalue weighted by Gasteiger charge is 2.37.